The highest BCUT2D eigenvalue weighted by Crippen LogP contribution is 2.31. The zero-order chi connectivity index (χ0) is 29.4. The molecule has 3 aromatic carbocycles. The molecule has 1 unspecified atom stereocenters. The van der Waals surface area contributed by atoms with Gasteiger partial charge in [-0.2, -0.15) is 0 Å². The second kappa shape index (κ2) is 11.4. The van der Waals surface area contributed by atoms with Gasteiger partial charge in [-0.1, -0.05) is 98.0 Å². The van der Waals surface area contributed by atoms with Gasteiger partial charge in [0.05, 0.1) is 28.5 Å². The van der Waals surface area contributed by atoms with E-state index in [-0.39, 0.29) is 12.2 Å². The van der Waals surface area contributed by atoms with Crippen LogP contribution in [0.3, 0.4) is 0 Å². The Hall–Kier alpha value is -4.49. The molecule has 1 aliphatic heterocycles. The number of fused-ring (bicyclic) bond motifs is 2. The van der Waals surface area contributed by atoms with Crippen LogP contribution in [0, 0.1) is 0 Å². The van der Waals surface area contributed by atoms with Gasteiger partial charge < -0.3 is 9.30 Å². The smallest absolute Gasteiger partial charge is 0.338 e. The molecule has 0 spiro atoms. The van der Waals surface area contributed by atoms with Crippen LogP contribution in [0.15, 0.2) is 106 Å². The van der Waals surface area contributed by atoms with Crippen LogP contribution >= 0.6 is 11.3 Å². The Labute approximate surface area is 248 Å². The van der Waals surface area contributed by atoms with Gasteiger partial charge in [-0.15, -0.1) is 0 Å². The number of para-hydroxylation sites is 1. The molecule has 0 saturated carbocycles. The molecule has 0 saturated heterocycles. The molecule has 0 fully saturated rings. The van der Waals surface area contributed by atoms with E-state index in [2.05, 4.69) is 61.0 Å². The van der Waals surface area contributed by atoms with Crippen LogP contribution in [0.25, 0.3) is 17.0 Å². The number of esters is 1. The molecule has 0 aliphatic carbocycles. The van der Waals surface area contributed by atoms with Crippen molar-refractivity contribution in [3.05, 3.63) is 138 Å². The van der Waals surface area contributed by atoms with Gasteiger partial charge in [-0.25, -0.2) is 9.79 Å². The van der Waals surface area contributed by atoms with E-state index < -0.39 is 12.0 Å². The Balaban J connectivity index is 1.51. The number of ether oxygens (including phenoxy) is 1. The molecule has 5 aromatic rings. The van der Waals surface area contributed by atoms with E-state index in [9.17, 15) is 9.59 Å². The number of hydrogen-bond acceptors (Lipinski definition) is 5. The van der Waals surface area contributed by atoms with Crippen LogP contribution in [0.1, 0.15) is 61.9 Å². The second-order valence-corrected chi connectivity index (χ2v) is 11.8. The van der Waals surface area contributed by atoms with Gasteiger partial charge in [0, 0.05) is 29.2 Å². The lowest BCUT2D eigenvalue weighted by molar-refractivity contribution is -0.139. The van der Waals surface area contributed by atoms with Crippen LogP contribution in [0.5, 0.6) is 0 Å². The lowest BCUT2D eigenvalue weighted by Gasteiger charge is -2.25. The minimum Gasteiger partial charge on any atom is -0.463 e. The quantitative estimate of drug-likeness (QED) is 0.226. The van der Waals surface area contributed by atoms with Crippen LogP contribution in [0.2, 0.25) is 0 Å². The molecule has 0 radical (unpaired) electrons. The van der Waals surface area contributed by atoms with E-state index in [0.29, 0.717) is 26.5 Å². The first-order chi connectivity index (χ1) is 20.4. The highest BCUT2D eigenvalue weighted by atomic mass is 32.1. The number of aromatic nitrogens is 2. The van der Waals surface area contributed by atoms with E-state index in [4.69, 9.17) is 9.73 Å². The molecule has 212 valence electrons. The summed E-state index contributed by atoms with van der Waals surface area (Å²) in [6.07, 6.45) is 4.06. The topological polar surface area (TPSA) is 65.6 Å². The number of carbonyl (C=O) groups is 1. The molecule has 0 N–H and O–H groups in total. The molecular weight excluding hydrogens is 542 g/mol. The standard InChI is InChI=1S/C35H33N3O3S/c1-5-41-34(40)31-23(4)36-35-38(32(31)26-17-15-25(16-18-26)22(2)3)33(39)30(42-35)19-27-21-37(20-24-11-7-6-8-12-24)29-14-10-9-13-28(27)29/h6-19,21-22,32H,5,20H2,1-4H3/b30-19+. The van der Waals surface area contributed by atoms with Gasteiger partial charge in [0.25, 0.3) is 5.56 Å². The van der Waals surface area contributed by atoms with Crippen molar-refractivity contribution < 1.29 is 9.53 Å². The molecule has 6 nitrogen and oxygen atoms in total. The SMILES string of the molecule is CCOC(=O)C1=C(C)N=c2s/c(=C/c3cn(Cc4ccccc4)c4ccccc34)c(=O)n2C1c1ccc(C(C)C)cc1. The minimum atomic E-state index is -0.622. The lowest BCUT2D eigenvalue weighted by atomic mass is 9.93. The van der Waals surface area contributed by atoms with Crippen molar-refractivity contribution in [2.24, 2.45) is 4.99 Å². The maximum atomic E-state index is 14.1. The Bertz CT molecular complexity index is 1990. The predicted octanol–water partition coefficient (Wildman–Crippen LogP) is 5.92. The summed E-state index contributed by atoms with van der Waals surface area (Å²) in [5, 5.41) is 1.07. The Morgan fingerprint density at radius 2 is 1.74 bits per heavy atom. The van der Waals surface area contributed by atoms with E-state index >= 15 is 0 Å². The van der Waals surface area contributed by atoms with Crippen molar-refractivity contribution in [1.29, 1.82) is 0 Å². The number of nitrogens with zero attached hydrogens (tertiary/aromatic N) is 3. The summed E-state index contributed by atoms with van der Waals surface area (Å²) in [7, 11) is 0. The summed E-state index contributed by atoms with van der Waals surface area (Å²) in [5.74, 6) is -0.0817. The fourth-order valence-corrected chi connectivity index (χ4v) is 6.65. The molecule has 0 amide bonds. The summed E-state index contributed by atoms with van der Waals surface area (Å²) in [4.78, 5) is 32.7. The first kappa shape index (κ1) is 27.7. The summed E-state index contributed by atoms with van der Waals surface area (Å²) in [5.41, 5.74) is 6.10. The van der Waals surface area contributed by atoms with Gasteiger partial charge in [-0.3, -0.25) is 9.36 Å². The summed E-state index contributed by atoms with van der Waals surface area (Å²) >= 11 is 1.35. The predicted molar refractivity (Wildman–Crippen MR) is 168 cm³/mol. The van der Waals surface area contributed by atoms with Gasteiger partial charge >= 0.3 is 5.97 Å². The van der Waals surface area contributed by atoms with Gasteiger partial charge in [0.1, 0.15) is 0 Å². The molecule has 0 bridgehead atoms. The van der Waals surface area contributed by atoms with Crippen LogP contribution < -0.4 is 14.9 Å². The minimum absolute atomic E-state index is 0.175. The molecule has 2 aromatic heterocycles. The number of rotatable bonds is 7. The summed E-state index contributed by atoms with van der Waals surface area (Å²) in [6, 6.07) is 26.1. The third-order valence-electron chi connectivity index (χ3n) is 7.74. The number of carbonyl (C=O) groups excluding carboxylic acids is 1. The van der Waals surface area contributed by atoms with Crippen molar-refractivity contribution in [1.82, 2.24) is 9.13 Å². The molecule has 1 atom stereocenters. The number of allylic oxidation sites excluding steroid dienone is 1. The van der Waals surface area contributed by atoms with Gasteiger partial charge in [0.15, 0.2) is 4.80 Å². The van der Waals surface area contributed by atoms with Crippen LogP contribution in [0.4, 0.5) is 0 Å². The van der Waals surface area contributed by atoms with Crippen molar-refractivity contribution in [2.45, 2.75) is 46.2 Å². The van der Waals surface area contributed by atoms with Crippen LogP contribution in [-0.2, 0) is 16.1 Å². The molecule has 3 heterocycles. The largest absolute Gasteiger partial charge is 0.463 e. The van der Waals surface area contributed by atoms with Crippen molar-refractivity contribution in [3.8, 4) is 0 Å². The van der Waals surface area contributed by atoms with E-state index in [1.807, 2.05) is 55.5 Å². The van der Waals surface area contributed by atoms with Gasteiger partial charge in [-0.05, 0) is 48.6 Å². The second-order valence-electron chi connectivity index (χ2n) is 10.8. The van der Waals surface area contributed by atoms with E-state index in [1.165, 1.54) is 22.5 Å². The maximum Gasteiger partial charge on any atom is 0.338 e. The maximum absolute atomic E-state index is 14.1. The highest BCUT2D eigenvalue weighted by molar-refractivity contribution is 7.07. The molecule has 1 aliphatic rings. The molecular formula is C35H33N3O3S. The first-order valence-electron chi connectivity index (χ1n) is 14.3. The van der Waals surface area contributed by atoms with Crippen molar-refractivity contribution >= 4 is 34.3 Å². The summed E-state index contributed by atoms with van der Waals surface area (Å²) in [6.45, 7) is 8.85. The average Bonchev–Trinajstić information content (AvgIpc) is 3.49. The number of thiazole rings is 1. The third kappa shape index (κ3) is 5.05. The Kier molecular flexibility index (Phi) is 7.52. The van der Waals surface area contributed by atoms with E-state index in [1.54, 1.807) is 11.5 Å². The lowest BCUT2D eigenvalue weighted by Crippen LogP contribution is -2.39. The fourth-order valence-electron chi connectivity index (χ4n) is 5.61. The number of hydrogen-bond donors (Lipinski definition) is 0. The molecule has 42 heavy (non-hydrogen) atoms. The van der Waals surface area contributed by atoms with Crippen LogP contribution in [-0.4, -0.2) is 21.7 Å². The zero-order valence-corrected chi connectivity index (χ0v) is 25.0. The summed E-state index contributed by atoms with van der Waals surface area (Å²) < 4.78 is 9.88. The highest BCUT2D eigenvalue weighted by Gasteiger charge is 2.33. The average molecular weight is 576 g/mol. The third-order valence-corrected chi connectivity index (χ3v) is 8.72. The monoisotopic (exact) mass is 575 g/mol. The molecule has 7 heteroatoms. The van der Waals surface area contributed by atoms with Crippen molar-refractivity contribution in [3.63, 3.8) is 0 Å². The Morgan fingerprint density at radius 1 is 1.02 bits per heavy atom. The van der Waals surface area contributed by atoms with Crippen molar-refractivity contribution in [2.75, 3.05) is 6.61 Å². The van der Waals surface area contributed by atoms with Gasteiger partial charge in [0.2, 0.25) is 0 Å². The first-order valence-corrected chi connectivity index (χ1v) is 15.1. The fraction of sp³-hybridized carbons (Fsp3) is 0.229. The normalized spacial score (nSPS) is 15.3. The zero-order valence-electron chi connectivity index (χ0n) is 24.2. The number of benzene rings is 3. The Morgan fingerprint density at radius 3 is 2.45 bits per heavy atom. The molecule has 6 rings (SSSR count). The van der Waals surface area contributed by atoms with E-state index in [0.717, 1.165) is 28.6 Å².